The molecule has 0 amide bonds. The number of ether oxygens (including phenoxy) is 1. The summed E-state index contributed by atoms with van der Waals surface area (Å²) in [5.74, 6) is -0.233. The average molecular weight is 459 g/mol. The van der Waals surface area contributed by atoms with Gasteiger partial charge in [-0.3, -0.25) is 9.78 Å². The molecule has 162 valence electrons. The van der Waals surface area contributed by atoms with E-state index in [1.54, 1.807) is 18.3 Å². The minimum atomic E-state index is -3.81. The summed E-state index contributed by atoms with van der Waals surface area (Å²) in [5, 5.41) is 0.461. The number of nitrogens with one attached hydrogen (secondary N) is 1. The maximum atomic E-state index is 13.0. The van der Waals surface area contributed by atoms with Crippen molar-refractivity contribution in [2.45, 2.75) is 30.2 Å². The third kappa shape index (κ3) is 6.37. The van der Waals surface area contributed by atoms with Crippen LogP contribution in [0.15, 0.2) is 77.8 Å². The lowest BCUT2D eigenvalue weighted by Gasteiger charge is -2.19. The van der Waals surface area contributed by atoms with Gasteiger partial charge in [-0.2, -0.15) is 4.72 Å². The molecule has 0 aliphatic carbocycles. The Hall–Kier alpha value is -2.74. The quantitative estimate of drug-likeness (QED) is 0.483. The number of esters is 1. The van der Waals surface area contributed by atoms with Crippen LogP contribution >= 0.6 is 11.6 Å². The summed E-state index contributed by atoms with van der Waals surface area (Å²) in [5.41, 5.74) is 2.39. The smallest absolute Gasteiger partial charge is 0.305 e. The van der Waals surface area contributed by atoms with E-state index in [2.05, 4.69) is 14.4 Å². The number of hydrogen-bond donors (Lipinski definition) is 1. The van der Waals surface area contributed by atoms with E-state index < -0.39 is 16.1 Å². The molecule has 1 unspecified atom stereocenters. The Morgan fingerprint density at radius 1 is 1.06 bits per heavy atom. The lowest BCUT2D eigenvalue weighted by Crippen LogP contribution is -2.30. The van der Waals surface area contributed by atoms with Crippen molar-refractivity contribution < 1.29 is 17.9 Å². The molecule has 1 heterocycles. The highest BCUT2D eigenvalue weighted by Crippen LogP contribution is 2.24. The highest BCUT2D eigenvalue weighted by molar-refractivity contribution is 7.89. The Kier molecular flexibility index (Phi) is 7.79. The summed E-state index contributed by atoms with van der Waals surface area (Å²) in [6, 6.07) is 18.3. The fourth-order valence-electron chi connectivity index (χ4n) is 3.10. The minimum Gasteiger partial charge on any atom is -0.469 e. The van der Waals surface area contributed by atoms with Crippen molar-refractivity contribution in [2.24, 2.45) is 0 Å². The molecule has 0 saturated heterocycles. The number of benzene rings is 2. The molecule has 0 saturated carbocycles. The maximum absolute atomic E-state index is 13.0. The van der Waals surface area contributed by atoms with Crippen LogP contribution in [-0.4, -0.2) is 26.5 Å². The predicted molar refractivity (Wildman–Crippen MR) is 119 cm³/mol. The second-order valence-electron chi connectivity index (χ2n) is 6.93. The van der Waals surface area contributed by atoms with E-state index in [9.17, 15) is 13.2 Å². The molecule has 3 aromatic rings. The summed E-state index contributed by atoms with van der Waals surface area (Å²) in [6.45, 7) is 0. The highest BCUT2D eigenvalue weighted by Gasteiger charge is 2.24. The van der Waals surface area contributed by atoms with Crippen molar-refractivity contribution in [3.63, 3.8) is 0 Å². The number of carbonyl (C=O) groups excluding carboxylic acids is 1. The van der Waals surface area contributed by atoms with Crippen molar-refractivity contribution in [1.82, 2.24) is 9.71 Å². The maximum Gasteiger partial charge on any atom is 0.305 e. The minimum absolute atomic E-state index is 0.122. The Bertz CT molecular complexity index is 1100. The molecule has 2 aromatic carbocycles. The SMILES string of the molecule is COC(=O)CCCc1ccc(C(NS(=O)(=O)c2ccc(Cl)cc2)c2ccccn2)cc1. The second kappa shape index (κ2) is 10.5. The van der Waals surface area contributed by atoms with Gasteiger partial charge in [0.05, 0.1) is 23.7 Å². The summed E-state index contributed by atoms with van der Waals surface area (Å²) < 4.78 is 33.4. The molecule has 6 nitrogen and oxygen atoms in total. The van der Waals surface area contributed by atoms with E-state index in [-0.39, 0.29) is 10.9 Å². The first-order valence-electron chi connectivity index (χ1n) is 9.73. The van der Waals surface area contributed by atoms with Gasteiger partial charge in [0.15, 0.2) is 0 Å². The monoisotopic (exact) mass is 458 g/mol. The number of aryl methyl sites for hydroxylation is 1. The van der Waals surface area contributed by atoms with Crippen molar-refractivity contribution in [2.75, 3.05) is 7.11 Å². The molecular formula is C23H23ClN2O4S. The molecule has 3 rings (SSSR count). The molecule has 1 aromatic heterocycles. The van der Waals surface area contributed by atoms with Crippen LogP contribution in [0.1, 0.15) is 35.7 Å². The molecule has 8 heteroatoms. The number of rotatable bonds is 9. The third-order valence-electron chi connectivity index (χ3n) is 4.77. The molecule has 1 N–H and O–H groups in total. The van der Waals surface area contributed by atoms with Gasteiger partial charge in [0.25, 0.3) is 0 Å². The number of sulfonamides is 1. The zero-order valence-electron chi connectivity index (χ0n) is 17.0. The van der Waals surface area contributed by atoms with Gasteiger partial charge in [-0.25, -0.2) is 8.42 Å². The fourth-order valence-corrected chi connectivity index (χ4v) is 4.42. The summed E-state index contributed by atoms with van der Waals surface area (Å²) in [7, 11) is -2.43. The number of nitrogens with zero attached hydrogens (tertiary/aromatic N) is 1. The second-order valence-corrected chi connectivity index (χ2v) is 9.08. The van der Waals surface area contributed by atoms with Gasteiger partial charge < -0.3 is 4.74 Å². The fraction of sp³-hybridized carbons (Fsp3) is 0.217. The number of carbonyl (C=O) groups is 1. The molecule has 0 aliphatic rings. The van der Waals surface area contributed by atoms with Gasteiger partial charge in [-0.1, -0.05) is 41.9 Å². The van der Waals surface area contributed by atoms with E-state index in [0.717, 1.165) is 17.5 Å². The number of halogens is 1. The number of hydrogen-bond acceptors (Lipinski definition) is 5. The van der Waals surface area contributed by atoms with Crippen LogP contribution in [0, 0.1) is 0 Å². The Morgan fingerprint density at radius 2 is 1.77 bits per heavy atom. The van der Waals surface area contributed by atoms with E-state index in [4.69, 9.17) is 11.6 Å². The molecule has 0 aliphatic heterocycles. The topological polar surface area (TPSA) is 85.4 Å². The number of methoxy groups -OCH3 is 1. The van der Waals surface area contributed by atoms with Gasteiger partial charge in [-0.05, 0) is 60.4 Å². The van der Waals surface area contributed by atoms with Crippen molar-refractivity contribution in [3.05, 3.63) is 94.8 Å². The van der Waals surface area contributed by atoms with E-state index >= 15 is 0 Å². The summed E-state index contributed by atoms with van der Waals surface area (Å²) in [6.07, 6.45) is 3.38. The van der Waals surface area contributed by atoms with Crippen LogP contribution < -0.4 is 4.72 Å². The lowest BCUT2D eigenvalue weighted by molar-refractivity contribution is -0.140. The Balaban J connectivity index is 1.83. The molecule has 0 bridgehead atoms. The van der Waals surface area contributed by atoms with E-state index in [0.29, 0.717) is 23.6 Å². The highest BCUT2D eigenvalue weighted by atomic mass is 35.5. The Labute approximate surface area is 187 Å². The van der Waals surface area contributed by atoms with Crippen LogP contribution in [0.4, 0.5) is 0 Å². The normalized spacial score (nSPS) is 12.3. The number of aromatic nitrogens is 1. The summed E-state index contributed by atoms with van der Waals surface area (Å²) in [4.78, 5) is 15.7. The van der Waals surface area contributed by atoms with Crippen LogP contribution in [-0.2, 0) is 26.0 Å². The molecule has 0 spiro atoms. The standard InChI is InChI=1S/C23H23ClN2O4S/c1-30-22(27)7-4-5-17-8-10-18(11-9-17)23(21-6-2-3-16-25-21)26-31(28,29)20-14-12-19(24)13-15-20/h2-3,6,8-16,23,26H,4-5,7H2,1H3. The van der Waals surface area contributed by atoms with Crippen molar-refractivity contribution in [1.29, 1.82) is 0 Å². The first-order chi connectivity index (χ1) is 14.9. The molecule has 1 atom stereocenters. The van der Waals surface area contributed by atoms with Crippen LogP contribution in [0.5, 0.6) is 0 Å². The molecular weight excluding hydrogens is 436 g/mol. The predicted octanol–water partition coefficient (Wildman–Crippen LogP) is 4.30. The first kappa shape index (κ1) is 22.9. The van der Waals surface area contributed by atoms with Gasteiger partial charge in [0.1, 0.15) is 0 Å². The van der Waals surface area contributed by atoms with E-state index in [1.807, 2.05) is 30.3 Å². The zero-order valence-corrected chi connectivity index (χ0v) is 18.6. The van der Waals surface area contributed by atoms with E-state index in [1.165, 1.54) is 31.4 Å². The molecule has 31 heavy (non-hydrogen) atoms. The molecule has 0 fully saturated rings. The van der Waals surface area contributed by atoms with Crippen LogP contribution in [0.25, 0.3) is 0 Å². The zero-order chi connectivity index (χ0) is 22.3. The van der Waals surface area contributed by atoms with Crippen molar-refractivity contribution in [3.8, 4) is 0 Å². The average Bonchev–Trinajstić information content (AvgIpc) is 2.79. The summed E-state index contributed by atoms with van der Waals surface area (Å²) >= 11 is 5.88. The third-order valence-corrected chi connectivity index (χ3v) is 6.46. The Morgan fingerprint density at radius 3 is 2.39 bits per heavy atom. The van der Waals surface area contributed by atoms with Gasteiger partial charge in [0, 0.05) is 17.6 Å². The van der Waals surface area contributed by atoms with Gasteiger partial charge in [0.2, 0.25) is 10.0 Å². The largest absolute Gasteiger partial charge is 0.469 e. The van der Waals surface area contributed by atoms with Gasteiger partial charge in [-0.15, -0.1) is 0 Å². The first-order valence-corrected chi connectivity index (χ1v) is 11.6. The molecule has 0 radical (unpaired) electrons. The lowest BCUT2D eigenvalue weighted by atomic mass is 10.0. The van der Waals surface area contributed by atoms with Crippen LogP contribution in [0.2, 0.25) is 5.02 Å². The number of pyridine rings is 1. The van der Waals surface area contributed by atoms with Gasteiger partial charge >= 0.3 is 5.97 Å². The van der Waals surface area contributed by atoms with Crippen molar-refractivity contribution >= 4 is 27.6 Å². The van der Waals surface area contributed by atoms with Crippen LogP contribution in [0.3, 0.4) is 0 Å².